The highest BCUT2D eigenvalue weighted by molar-refractivity contribution is 6.31. The van der Waals surface area contributed by atoms with Gasteiger partial charge in [-0.15, -0.1) is 0 Å². The number of carbonyl (C=O) groups is 1. The first-order valence-electron chi connectivity index (χ1n) is 5.29. The molecule has 0 radical (unpaired) electrons. The zero-order valence-electron chi connectivity index (χ0n) is 9.03. The van der Waals surface area contributed by atoms with Gasteiger partial charge in [-0.25, -0.2) is 0 Å². The van der Waals surface area contributed by atoms with Crippen LogP contribution in [0, 0.1) is 12.8 Å². The van der Waals surface area contributed by atoms with E-state index in [0.717, 1.165) is 11.1 Å². The Bertz CT molecular complexity index is 419. The van der Waals surface area contributed by atoms with Gasteiger partial charge in [0.05, 0.1) is 5.92 Å². The fourth-order valence-electron chi connectivity index (χ4n) is 2.13. The van der Waals surface area contributed by atoms with E-state index in [1.165, 1.54) is 0 Å². The lowest BCUT2D eigenvalue weighted by molar-refractivity contribution is -0.141. The summed E-state index contributed by atoms with van der Waals surface area (Å²) in [5.74, 6) is -1.07. The normalized spacial score (nSPS) is 24.6. The fraction of sp³-hybridized carbons (Fsp3) is 0.417. The van der Waals surface area contributed by atoms with Crippen LogP contribution >= 0.6 is 11.6 Å². The van der Waals surface area contributed by atoms with Crippen LogP contribution in [0.15, 0.2) is 18.2 Å². The van der Waals surface area contributed by atoms with E-state index in [1.807, 2.05) is 25.1 Å². The van der Waals surface area contributed by atoms with Crippen LogP contribution in [-0.2, 0) is 4.79 Å². The number of hydrogen-bond donors (Lipinski definition) is 2. The van der Waals surface area contributed by atoms with E-state index in [2.05, 4.69) is 5.32 Å². The molecule has 0 saturated carbocycles. The van der Waals surface area contributed by atoms with Gasteiger partial charge in [0.2, 0.25) is 0 Å². The Balaban J connectivity index is 2.29. The number of aliphatic carboxylic acids is 1. The van der Waals surface area contributed by atoms with Crippen molar-refractivity contribution in [3.63, 3.8) is 0 Å². The van der Waals surface area contributed by atoms with E-state index in [0.29, 0.717) is 18.1 Å². The van der Waals surface area contributed by atoms with Crippen LogP contribution in [0.25, 0.3) is 0 Å². The molecule has 0 amide bonds. The number of carboxylic acid groups (broad SMARTS) is 1. The van der Waals surface area contributed by atoms with Crippen molar-refractivity contribution in [1.82, 2.24) is 5.32 Å². The maximum atomic E-state index is 11.1. The largest absolute Gasteiger partial charge is 0.481 e. The van der Waals surface area contributed by atoms with E-state index in [9.17, 15) is 4.79 Å². The van der Waals surface area contributed by atoms with Gasteiger partial charge in [-0.05, 0) is 24.1 Å². The Morgan fingerprint density at radius 1 is 1.50 bits per heavy atom. The Morgan fingerprint density at radius 2 is 2.25 bits per heavy atom. The number of carboxylic acids is 1. The maximum Gasteiger partial charge on any atom is 0.308 e. The molecule has 4 heteroatoms. The molecule has 0 unspecified atom stereocenters. The second kappa shape index (κ2) is 4.44. The molecule has 2 rings (SSSR count). The van der Waals surface area contributed by atoms with Crippen molar-refractivity contribution < 1.29 is 9.90 Å². The number of halogens is 1. The van der Waals surface area contributed by atoms with Crippen LogP contribution in [-0.4, -0.2) is 24.2 Å². The van der Waals surface area contributed by atoms with Crippen LogP contribution in [0.3, 0.4) is 0 Å². The lowest BCUT2D eigenvalue weighted by Gasteiger charge is -2.15. The van der Waals surface area contributed by atoms with Gasteiger partial charge >= 0.3 is 5.97 Å². The van der Waals surface area contributed by atoms with Crippen LogP contribution < -0.4 is 5.32 Å². The molecule has 1 fully saturated rings. The van der Waals surface area contributed by atoms with E-state index < -0.39 is 5.97 Å². The third-order valence-corrected chi connectivity index (χ3v) is 3.56. The number of aryl methyl sites for hydroxylation is 1. The summed E-state index contributed by atoms with van der Waals surface area (Å²) in [4.78, 5) is 11.1. The molecule has 1 aliphatic rings. The predicted molar refractivity (Wildman–Crippen MR) is 62.9 cm³/mol. The Labute approximate surface area is 99.4 Å². The van der Waals surface area contributed by atoms with E-state index in [4.69, 9.17) is 16.7 Å². The van der Waals surface area contributed by atoms with Crippen molar-refractivity contribution in [2.75, 3.05) is 13.1 Å². The summed E-state index contributed by atoms with van der Waals surface area (Å²) in [5.41, 5.74) is 2.02. The molecular weight excluding hydrogens is 226 g/mol. The van der Waals surface area contributed by atoms with Crippen molar-refractivity contribution in [3.05, 3.63) is 34.3 Å². The van der Waals surface area contributed by atoms with Crippen LogP contribution in [0.4, 0.5) is 0 Å². The molecule has 1 saturated heterocycles. The monoisotopic (exact) mass is 239 g/mol. The summed E-state index contributed by atoms with van der Waals surface area (Å²) in [6, 6.07) is 5.79. The third-order valence-electron chi connectivity index (χ3n) is 3.16. The molecule has 0 bridgehead atoms. The predicted octanol–water partition coefficient (Wildman–Crippen LogP) is 2.04. The number of nitrogens with one attached hydrogen (secondary N) is 1. The second-order valence-electron chi connectivity index (χ2n) is 4.22. The van der Waals surface area contributed by atoms with Crippen molar-refractivity contribution in [2.45, 2.75) is 12.8 Å². The third kappa shape index (κ3) is 2.06. The minimum absolute atomic E-state index is 0.0237. The van der Waals surface area contributed by atoms with Crippen LogP contribution in [0.1, 0.15) is 17.0 Å². The molecule has 1 aromatic rings. The molecule has 1 heterocycles. The summed E-state index contributed by atoms with van der Waals surface area (Å²) in [7, 11) is 0. The van der Waals surface area contributed by atoms with Crippen molar-refractivity contribution >= 4 is 17.6 Å². The van der Waals surface area contributed by atoms with Gasteiger partial charge in [-0.1, -0.05) is 23.7 Å². The highest BCUT2D eigenvalue weighted by atomic mass is 35.5. The van der Waals surface area contributed by atoms with Gasteiger partial charge < -0.3 is 10.4 Å². The SMILES string of the molecule is Cc1ccc([C@@H]2CNC[C@H]2C(=O)O)cc1Cl. The van der Waals surface area contributed by atoms with Gasteiger partial charge in [0, 0.05) is 24.0 Å². The zero-order chi connectivity index (χ0) is 11.7. The number of hydrogen-bond acceptors (Lipinski definition) is 2. The number of rotatable bonds is 2. The molecule has 0 aromatic heterocycles. The van der Waals surface area contributed by atoms with Gasteiger partial charge in [0.25, 0.3) is 0 Å². The summed E-state index contributed by atoms with van der Waals surface area (Å²) >= 11 is 6.05. The minimum atomic E-state index is -0.744. The first-order chi connectivity index (χ1) is 7.59. The van der Waals surface area contributed by atoms with Crippen LogP contribution in [0.5, 0.6) is 0 Å². The lowest BCUT2D eigenvalue weighted by Crippen LogP contribution is -2.21. The summed E-state index contributed by atoms with van der Waals surface area (Å²) in [5, 5.41) is 12.9. The number of benzene rings is 1. The topological polar surface area (TPSA) is 49.3 Å². The smallest absolute Gasteiger partial charge is 0.308 e. The molecule has 0 spiro atoms. The first kappa shape index (κ1) is 11.4. The Morgan fingerprint density at radius 3 is 2.88 bits per heavy atom. The van der Waals surface area contributed by atoms with Crippen LogP contribution in [0.2, 0.25) is 5.02 Å². The van der Waals surface area contributed by atoms with Gasteiger partial charge in [0.15, 0.2) is 0 Å². The van der Waals surface area contributed by atoms with Gasteiger partial charge in [-0.2, -0.15) is 0 Å². The Kier molecular flexibility index (Phi) is 3.17. The molecule has 2 atom stereocenters. The standard InChI is InChI=1S/C12H14ClNO2/c1-7-2-3-8(4-11(7)13)9-5-14-6-10(9)12(15)16/h2-4,9-10,14H,5-6H2,1H3,(H,15,16)/t9-,10+/m0/s1. The van der Waals surface area contributed by atoms with Crippen molar-refractivity contribution in [1.29, 1.82) is 0 Å². The molecule has 1 aromatic carbocycles. The molecule has 16 heavy (non-hydrogen) atoms. The molecule has 2 N–H and O–H groups in total. The maximum absolute atomic E-state index is 11.1. The summed E-state index contributed by atoms with van der Waals surface area (Å²) in [6.45, 7) is 3.18. The van der Waals surface area contributed by atoms with Gasteiger partial charge in [-0.3, -0.25) is 4.79 Å². The molecule has 86 valence electrons. The highest BCUT2D eigenvalue weighted by Crippen LogP contribution is 2.30. The molecule has 0 aliphatic carbocycles. The minimum Gasteiger partial charge on any atom is -0.481 e. The molecule has 1 aliphatic heterocycles. The quantitative estimate of drug-likeness (QED) is 0.830. The second-order valence-corrected chi connectivity index (χ2v) is 4.63. The first-order valence-corrected chi connectivity index (χ1v) is 5.67. The fourth-order valence-corrected chi connectivity index (χ4v) is 2.32. The summed E-state index contributed by atoms with van der Waals surface area (Å²) < 4.78 is 0. The summed E-state index contributed by atoms with van der Waals surface area (Å²) in [6.07, 6.45) is 0. The molecule has 3 nitrogen and oxygen atoms in total. The van der Waals surface area contributed by atoms with Crippen molar-refractivity contribution in [2.24, 2.45) is 5.92 Å². The van der Waals surface area contributed by atoms with E-state index >= 15 is 0 Å². The van der Waals surface area contributed by atoms with Crippen molar-refractivity contribution in [3.8, 4) is 0 Å². The zero-order valence-corrected chi connectivity index (χ0v) is 9.79. The average Bonchev–Trinajstić information content (AvgIpc) is 2.71. The molecular formula is C12H14ClNO2. The average molecular weight is 240 g/mol. The Hall–Kier alpha value is -1.06. The lowest BCUT2D eigenvalue weighted by atomic mass is 9.88. The van der Waals surface area contributed by atoms with E-state index in [-0.39, 0.29) is 11.8 Å². The highest BCUT2D eigenvalue weighted by Gasteiger charge is 2.33. The van der Waals surface area contributed by atoms with E-state index in [1.54, 1.807) is 0 Å². The van der Waals surface area contributed by atoms with Gasteiger partial charge in [0.1, 0.15) is 0 Å².